The topological polar surface area (TPSA) is 38.1 Å². The third-order valence-corrected chi connectivity index (χ3v) is 6.21. The average molecular weight is 317 g/mol. The zero-order valence-corrected chi connectivity index (χ0v) is 13.6. The first-order valence-electron chi connectivity index (χ1n) is 6.91. The van der Waals surface area contributed by atoms with E-state index in [1.54, 1.807) is 22.7 Å². The number of amides is 1. The van der Waals surface area contributed by atoms with Crippen molar-refractivity contribution in [3.63, 3.8) is 0 Å². The molecule has 0 atom stereocenters. The maximum atomic E-state index is 12.7. The SMILES string of the molecule is Cc1nn(C)c2sc(C(=O)N3CCc4sccc4C3)cc12. The van der Waals surface area contributed by atoms with Gasteiger partial charge < -0.3 is 4.90 Å². The molecule has 4 nitrogen and oxygen atoms in total. The molecule has 0 aliphatic carbocycles. The van der Waals surface area contributed by atoms with Crippen molar-refractivity contribution in [1.82, 2.24) is 14.7 Å². The molecule has 0 fully saturated rings. The van der Waals surface area contributed by atoms with Gasteiger partial charge in [0.1, 0.15) is 4.83 Å². The van der Waals surface area contributed by atoms with Gasteiger partial charge in [-0.05, 0) is 36.4 Å². The number of nitrogens with zero attached hydrogens (tertiary/aromatic N) is 3. The minimum Gasteiger partial charge on any atom is -0.333 e. The minimum atomic E-state index is 0.146. The maximum Gasteiger partial charge on any atom is 0.264 e. The van der Waals surface area contributed by atoms with E-state index in [1.807, 2.05) is 29.6 Å². The number of carbonyl (C=O) groups excluding carboxylic acids is 1. The van der Waals surface area contributed by atoms with Gasteiger partial charge in [-0.15, -0.1) is 22.7 Å². The monoisotopic (exact) mass is 317 g/mol. The molecule has 1 amide bonds. The van der Waals surface area contributed by atoms with E-state index >= 15 is 0 Å². The molecule has 21 heavy (non-hydrogen) atoms. The number of hydrogen-bond acceptors (Lipinski definition) is 4. The van der Waals surface area contributed by atoms with E-state index in [0.29, 0.717) is 0 Å². The van der Waals surface area contributed by atoms with Gasteiger partial charge in [-0.1, -0.05) is 0 Å². The van der Waals surface area contributed by atoms with Crippen LogP contribution in [0.2, 0.25) is 0 Å². The highest BCUT2D eigenvalue weighted by Gasteiger charge is 2.24. The quantitative estimate of drug-likeness (QED) is 0.691. The first-order chi connectivity index (χ1) is 10.1. The predicted octanol–water partition coefficient (Wildman–Crippen LogP) is 3.20. The smallest absolute Gasteiger partial charge is 0.264 e. The van der Waals surface area contributed by atoms with Crippen LogP contribution in [0.3, 0.4) is 0 Å². The number of thiophene rings is 2. The fourth-order valence-corrected chi connectivity index (χ4v) is 4.87. The highest BCUT2D eigenvalue weighted by molar-refractivity contribution is 7.20. The van der Waals surface area contributed by atoms with Crippen LogP contribution in [0.4, 0.5) is 0 Å². The summed E-state index contributed by atoms with van der Waals surface area (Å²) in [6, 6.07) is 4.13. The molecule has 0 N–H and O–H groups in total. The Bertz CT molecular complexity index is 808. The van der Waals surface area contributed by atoms with E-state index in [2.05, 4.69) is 16.5 Å². The molecule has 0 bridgehead atoms. The van der Waals surface area contributed by atoms with Gasteiger partial charge in [0.25, 0.3) is 5.91 Å². The van der Waals surface area contributed by atoms with Gasteiger partial charge in [-0.2, -0.15) is 5.10 Å². The summed E-state index contributed by atoms with van der Waals surface area (Å²) in [6.07, 6.45) is 0.976. The number of hydrogen-bond donors (Lipinski definition) is 0. The molecule has 3 aromatic heterocycles. The van der Waals surface area contributed by atoms with Gasteiger partial charge in [0.05, 0.1) is 10.6 Å². The Kier molecular flexibility index (Phi) is 2.90. The molecule has 0 radical (unpaired) electrons. The van der Waals surface area contributed by atoms with Crippen molar-refractivity contribution in [2.45, 2.75) is 19.9 Å². The second kappa shape index (κ2) is 4.68. The number of rotatable bonds is 1. The summed E-state index contributed by atoms with van der Waals surface area (Å²) < 4.78 is 1.86. The lowest BCUT2D eigenvalue weighted by Crippen LogP contribution is -2.34. The Hall–Kier alpha value is -1.66. The Morgan fingerprint density at radius 1 is 1.43 bits per heavy atom. The number of aromatic nitrogens is 2. The van der Waals surface area contributed by atoms with Crippen molar-refractivity contribution in [3.05, 3.63) is 38.5 Å². The number of carbonyl (C=O) groups is 1. The number of aryl methyl sites for hydroxylation is 2. The highest BCUT2D eigenvalue weighted by Crippen LogP contribution is 2.30. The zero-order chi connectivity index (χ0) is 14.6. The largest absolute Gasteiger partial charge is 0.333 e. The molecule has 1 aliphatic rings. The summed E-state index contributed by atoms with van der Waals surface area (Å²) in [5, 5.41) is 7.60. The predicted molar refractivity (Wildman–Crippen MR) is 86.1 cm³/mol. The van der Waals surface area contributed by atoms with Crippen molar-refractivity contribution in [3.8, 4) is 0 Å². The lowest BCUT2D eigenvalue weighted by atomic mass is 10.1. The zero-order valence-electron chi connectivity index (χ0n) is 11.9. The van der Waals surface area contributed by atoms with Gasteiger partial charge >= 0.3 is 0 Å². The second-order valence-corrected chi connectivity index (χ2v) is 7.42. The fraction of sp³-hybridized carbons (Fsp3) is 0.333. The minimum absolute atomic E-state index is 0.146. The van der Waals surface area contributed by atoms with Crippen molar-refractivity contribution >= 4 is 38.8 Å². The standard InChI is InChI=1S/C15H15N3OS2/c1-9-11-7-13(21-15(11)17(2)16-9)14(19)18-5-3-12-10(8-18)4-6-20-12/h4,6-7H,3,5,8H2,1-2H3. The van der Waals surface area contributed by atoms with Crippen LogP contribution in [-0.4, -0.2) is 27.1 Å². The lowest BCUT2D eigenvalue weighted by molar-refractivity contribution is 0.0741. The van der Waals surface area contributed by atoms with E-state index in [9.17, 15) is 4.79 Å². The summed E-state index contributed by atoms with van der Waals surface area (Å²) in [5.74, 6) is 0.146. The molecule has 6 heteroatoms. The van der Waals surface area contributed by atoms with Crippen LogP contribution in [0.15, 0.2) is 17.5 Å². The highest BCUT2D eigenvalue weighted by atomic mass is 32.1. The first kappa shape index (κ1) is 13.0. The van der Waals surface area contributed by atoms with Crippen LogP contribution in [0.25, 0.3) is 10.2 Å². The normalized spacial score (nSPS) is 14.7. The van der Waals surface area contributed by atoms with Crippen molar-refractivity contribution < 1.29 is 4.79 Å². The third kappa shape index (κ3) is 2.01. The summed E-state index contributed by atoms with van der Waals surface area (Å²) in [5.41, 5.74) is 2.29. The van der Waals surface area contributed by atoms with Crippen LogP contribution in [-0.2, 0) is 20.0 Å². The van der Waals surface area contributed by atoms with Crippen LogP contribution in [0, 0.1) is 6.92 Å². The van der Waals surface area contributed by atoms with Gasteiger partial charge in [-0.25, -0.2) is 0 Å². The molecule has 4 heterocycles. The Labute approximate surface area is 130 Å². The summed E-state index contributed by atoms with van der Waals surface area (Å²) in [6.45, 7) is 3.54. The van der Waals surface area contributed by atoms with Gasteiger partial charge in [0.15, 0.2) is 0 Å². The van der Waals surface area contributed by atoms with E-state index in [-0.39, 0.29) is 5.91 Å². The number of fused-ring (bicyclic) bond motifs is 2. The van der Waals surface area contributed by atoms with Crippen molar-refractivity contribution in [2.75, 3.05) is 6.54 Å². The van der Waals surface area contributed by atoms with E-state index < -0.39 is 0 Å². The summed E-state index contributed by atoms with van der Waals surface area (Å²) in [7, 11) is 1.93. The van der Waals surface area contributed by atoms with E-state index in [4.69, 9.17) is 0 Å². The maximum absolute atomic E-state index is 12.7. The molecule has 108 valence electrons. The third-order valence-electron chi connectivity index (χ3n) is 4.00. The Morgan fingerprint density at radius 2 is 2.29 bits per heavy atom. The molecular weight excluding hydrogens is 302 g/mol. The lowest BCUT2D eigenvalue weighted by Gasteiger charge is -2.26. The Balaban J connectivity index is 1.66. The van der Waals surface area contributed by atoms with Gasteiger partial charge in [0, 0.05) is 30.4 Å². The summed E-state index contributed by atoms with van der Waals surface area (Å²) in [4.78, 5) is 18.0. The van der Waals surface area contributed by atoms with Crippen LogP contribution >= 0.6 is 22.7 Å². The first-order valence-corrected chi connectivity index (χ1v) is 8.61. The van der Waals surface area contributed by atoms with Gasteiger partial charge in [0.2, 0.25) is 0 Å². The summed E-state index contributed by atoms with van der Waals surface area (Å²) >= 11 is 3.34. The fourth-order valence-electron chi connectivity index (χ4n) is 2.89. The molecule has 0 spiro atoms. The van der Waals surface area contributed by atoms with Crippen LogP contribution in [0.1, 0.15) is 25.8 Å². The molecule has 0 unspecified atom stereocenters. The molecule has 0 aromatic carbocycles. The second-order valence-electron chi connectivity index (χ2n) is 5.38. The molecule has 0 saturated carbocycles. The molecule has 4 rings (SSSR count). The van der Waals surface area contributed by atoms with Gasteiger partial charge in [-0.3, -0.25) is 9.48 Å². The van der Waals surface area contributed by atoms with Crippen molar-refractivity contribution in [2.24, 2.45) is 7.05 Å². The molecule has 1 aliphatic heterocycles. The van der Waals surface area contributed by atoms with Crippen molar-refractivity contribution in [1.29, 1.82) is 0 Å². The van der Waals surface area contributed by atoms with E-state index in [0.717, 1.165) is 40.3 Å². The van der Waals surface area contributed by atoms with Crippen LogP contribution in [0.5, 0.6) is 0 Å². The Morgan fingerprint density at radius 3 is 3.10 bits per heavy atom. The van der Waals surface area contributed by atoms with E-state index in [1.165, 1.54) is 10.4 Å². The molecular formula is C15H15N3OS2. The average Bonchev–Trinajstić information content (AvgIpc) is 3.16. The van der Waals surface area contributed by atoms with Crippen LogP contribution < -0.4 is 0 Å². The molecule has 0 saturated heterocycles. The molecule has 3 aromatic rings.